The van der Waals surface area contributed by atoms with Gasteiger partial charge in [-0.2, -0.15) is 4.99 Å². The fraction of sp³-hybridized carbons (Fsp3) is 0.200. The van der Waals surface area contributed by atoms with Gasteiger partial charge >= 0.3 is 0 Å². The second kappa shape index (κ2) is 7.74. The van der Waals surface area contributed by atoms with Crippen molar-refractivity contribution in [2.24, 2.45) is 4.99 Å². The zero-order valence-electron chi connectivity index (χ0n) is 14.5. The Morgan fingerprint density at radius 2 is 1.77 bits per heavy atom. The van der Waals surface area contributed by atoms with E-state index in [2.05, 4.69) is 4.99 Å². The van der Waals surface area contributed by atoms with Crippen molar-refractivity contribution in [1.82, 2.24) is 4.57 Å². The highest BCUT2D eigenvalue weighted by Crippen LogP contribution is 2.27. The average Bonchev–Trinajstić information content (AvgIpc) is 3.00. The second-order valence-electron chi connectivity index (χ2n) is 5.66. The van der Waals surface area contributed by atoms with Crippen molar-refractivity contribution in [2.75, 3.05) is 0 Å². The third-order valence-corrected chi connectivity index (χ3v) is 5.26. The highest BCUT2D eigenvalue weighted by molar-refractivity contribution is 7.09. The van der Waals surface area contributed by atoms with E-state index in [0.29, 0.717) is 11.3 Å². The van der Waals surface area contributed by atoms with Gasteiger partial charge in [-0.05, 0) is 55.3 Å². The first-order valence-corrected chi connectivity index (χ1v) is 9.18. The predicted octanol–water partition coefficient (Wildman–Crippen LogP) is 4.82. The smallest absolute Gasteiger partial charge is 0.282 e. The number of hydrogen-bond acceptors (Lipinski definition) is 2. The first-order chi connectivity index (χ1) is 12.5. The molecule has 3 aromatic rings. The Bertz CT molecular complexity index is 1000. The highest BCUT2D eigenvalue weighted by Gasteiger charge is 2.16. The minimum atomic E-state index is -0.611. The van der Waals surface area contributed by atoms with Crippen LogP contribution in [-0.2, 0) is 13.0 Å². The molecule has 2 aromatic carbocycles. The lowest BCUT2D eigenvalue weighted by atomic mass is 10.1. The molecule has 0 aliphatic rings. The van der Waals surface area contributed by atoms with E-state index in [1.807, 2.05) is 18.4 Å². The maximum atomic E-state index is 13.9. The van der Waals surface area contributed by atoms with Gasteiger partial charge < -0.3 is 4.57 Å². The van der Waals surface area contributed by atoms with Gasteiger partial charge in [-0.15, -0.1) is 11.3 Å². The fourth-order valence-corrected chi connectivity index (χ4v) is 3.93. The van der Waals surface area contributed by atoms with Gasteiger partial charge in [-0.3, -0.25) is 4.79 Å². The lowest BCUT2D eigenvalue weighted by Crippen LogP contribution is -2.17. The molecule has 0 saturated heterocycles. The number of halogens is 2. The van der Waals surface area contributed by atoms with E-state index in [1.54, 1.807) is 18.2 Å². The molecule has 0 N–H and O–H groups in total. The molecule has 0 fully saturated rings. The number of benzene rings is 2. The number of aryl methyl sites for hydroxylation is 1. The third-order valence-electron chi connectivity index (χ3n) is 4.04. The molecule has 0 aliphatic carbocycles. The molecule has 0 bridgehead atoms. The van der Waals surface area contributed by atoms with Crippen molar-refractivity contribution in [3.8, 4) is 11.3 Å². The van der Waals surface area contributed by atoms with E-state index in [9.17, 15) is 13.6 Å². The number of carbonyl (C=O) groups excluding carboxylic acids is 1. The van der Waals surface area contributed by atoms with Crippen molar-refractivity contribution < 1.29 is 13.6 Å². The molecule has 6 heteroatoms. The Kier molecular flexibility index (Phi) is 5.42. The van der Waals surface area contributed by atoms with Gasteiger partial charge in [-0.1, -0.05) is 19.1 Å². The highest BCUT2D eigenvalue weighted by atomic mass is 32.1. The number of carbonyl (C=O) groups is 1. The standard InChI is InChI=1S/C20H18F2N2OS/c1-3-17-18(13-9-11-14(21)12-10-13)24(4-2)20(26-17)23-19(25)15-7-5-6-8-16(15)22/h5-12H,3-4H2,1-2H3. The largest absolute Gasteiger partial charge is 0.316 e. The van der Waals surface area contributed by atoms with Crippen LogP contribution >= 0.6 is 11.3 Å². The SMILES string of the molecule is CCc1sc(=NC(=O)c2ccccc2F)n(CC)c1-c1ccc(F)cc1. The molecule has 134 valence electrons. The summed E-state index contributed by atoms with van der Waals surface area (Å²) in [6.45, 7) is 4.56. The van der Waals surface area contributed by atoms with E-state index < -0.39 is 11.7 Å². The van der Waals surface area contributed by atoms with Crippen molar-refractivity contribution >= 4 is 17.2 Å². The van der Waals surface area contributed by atoms with Gasteiger partial charge in [0.2, 0.25) is 0 Å². The summed E-state index contributed by atoms with van der Waals surface area (Å²) >= 11 is 1.40. The maximum absolute atomic E-state index is 13.9. The predicted molar refractivity (Wildman–Crippen MR) is 99.0 cm³/mol. The Morgan fingerprint density at radius 3 is 2.38 bits per heavy atom. The molecule has 0 aliphatic heterocycles. The molecule has 0 radical (unpaired) electrons. The summed E-state index contributed by atoms with van der Waals surface area (Å²) in [5.74, 6) is -1.50. The maximum Gasteiger partial charge on any atom is 0.282 e. The van der Waals surface area contributed by atoms with Crippen molar-refractivity contribution in [3.63, 3.8) is 0 Å². The van der Waals surface area contributed by atoms with Gasteiger partial charge in [0.05, 0.1) is 11.3 Å². The Hall–Kier alpha value is -2.60. The lowest BCUT2D eigenvalue weighted by Gasteiger charge is -2.08. The zero-order chi connectivity index (χ0) is 18.7. The average molecular weight is 372 g/mol. The monoisotopic (exact) mass is 372 g/mol. The summed E-state index contributed by atoms with van der Waals surface area (Å²) in [4.78, 5) is 18.1. The van der Waals surface area contributed by atoms with E-state index in [1.165, 1.54) is 41.7 Å². The van der Waals surface area contributed by atoms with Crippen LogP contribution in [0, 0.1) is 11.6 Å². The molecule has 3 rings (SSSR count). The molecular weight excluding hydrogens is 354 g/mol. The number of aromatic nitrogens is 1. The molecule has 0 saturated carbocycles. The van der Waals surface area contributed by atoms with Crippen molar-refractivity contribution in [1.29, 1.82) is 0 Å². The van der Waals surface area contributed by atoms with Crippen LogP contribution in [0.2, 0.25) is 0 Å². The van der Waals surface area contributed by atoms with Crippen LogP contribution in [-0.4, -0.2) is 10.5 Å². The van der Waals surface area contributed by atoms with Gasteiger partial charge in [0.15, 0.2) is 4.80 Å². The van der Waals surface area contributed by atoms with Crippen LogP contribution in [0.3, 0.4) is 0 Å². The van der Waals surface area contributed by atoms with E-state index in [0.717, 1.165) is 22.6 Å². The van der Waals surface area contributed by atoms with Crippen LogP contribution in [0.25, 0.3) is 11.3 Å². The summed E-state index contributed by atoms with van der Waals surface area (Å²) in [7, 11) is 0. The Labute approximate surface area is 154 Å². The zero-order valence-corrected chi connectivity index (χ0v) is 15.3. The van der Waals surface area contributed by atoms with Gasteiger partial charge in [-0.25, -0.2) is 8.78 Å². The topological polar surface area (TPSA) is 34.4 Å². The Morgan fingerprint density at radius 1 is 1.08 bits per heavy atom. The summed E-state index contributed by atoms with van der Waals surface area (Å²) in [6, 6.07) is 12.1. The van der Waals surface area contributed by atoms with Crippen molar-refractivity contribution in [3.05, 3.63) is 75.4 Å². The molecule has 3 nitrogen and oxygen atoms in total. The summed E-state index contributed by atoms with van der Waals surface area (Å²) in [6.07, 6.45) is 0.751. The van der Waals surface area contributed by atoms with Gasteiger partial charge in [0.25, 0.3) is 5.91 Å². The molecule has 0 unspecified atom stereocenters. The number of amides is 1. The summed E-state index contributed by atoms with van der Waals surface area (Å²) in [5.41, 5.74) is 1.73. The van der Waals surface area contributed by atoms with E-state index in [-0.39, 0.29) is 11.4 Å². The van der Waals surface area contributed by atoms with Crippen molar-refractivity contribution in [2.45, 2.75) is 26.8 Å². The van der Waals surface area contributed by atoms with Crippen LogP contribution in [0.4, 0.5) is 8.78 Å². The number of rotatable bonds is 4. The number of nitrogens with zero attached hydrogens (tertiary/aromatic N) is 2. The molecule has 0 spiro atoms. The normalized spacial score (nSPS) is 11.8. The summed E-state index contributed by atoms with van der Waals surface area (Å²) in [5, 5.41) is 0. The summed E-state index contributed by atoms with van der Waals surface area (Å²) < 4.78 is 29.0. The number of hydrogen-bond donors (Lipinski definition) is 0. The minimum Gasteiger partial charge on any atom is -0.316 e. The lowest BCUT2D eigenvalue weighted by molar-refractivity contribution is 0.0994. The quantitative estimate of drug-likeness (QED) is 0.647. The molecule has 0 atom stereocenters. The van der Waals surface area contributed by atoms with Gasteiger partial charge in [0.1, 0.15) is 11.6 Å². The fourth-order valence-electron chi connectivity index (χ4n) is 2.78. The molecule has 1 aromatic heterocycles. The third kappa shape index (κ3) is 3.51. The first kappa shape index (κ1) is 18.2. The number of thiazole rings is 1. The van der Waals surface area contributed by atoms with Crippen LogP contribution in [0.5, 0.6) is 0 Å². The molecule has 1 heterocycles. The Balaban J connectivity index is 2.15. The van der Waals surface area contributed by atoms with Crippen LogP contribution in [0.1, 0.15) is 29.1 Å². The first-order valence-electron chi connectivity index (χ1n) is 8.37. The molecule has 1 amide bonds. The van der Waals surface area contributed by atoms with Crippen LogP contribution < -0.4 is 4.80 Å². The second-order valence-corrected chi connectivity index (χ2v) is 6.72. The van der Waals surface area contributed by atoms with Crippen LogP contribution in [0.15, 0.2) is 53.5 Å². The van der Waals surface area contributed by atoms with E-state index >= 15 is 0 Å². The molecule has 26 heavy (non-hydrogen) atoms. The van der Waals surface area contributed by atoms with E-state index in [4.69, 9.17) is 0 Å². The minimum absolute atomic E-state index is 0.0510. The molecular formula is C20H18F2N2OS. The van der Waals surface area contributed by atoms with Gasteiger partial charge in [0, 0.05) is 11.4 Å².